The Morgan fingerprint density at radius 1 is 1.50 bits per heavy atom. The average Bonchev–Trinajstić information content (AvgIpc) is 2.65. The van der Waals surface area contributed by atoms with Crippen LogP contribution in [-0.2, 0) is 11.3 Å². The second-order valence-electron chi connectivity index (χ2n) is 3.70. The van der Waals surface area contributed by atoms with Crippen molar-refractivity contribution in [1.82, 2.24) is 9.88 Å². The fourth-order valence-corrected chi connectivity index (χ4v) is 1.37. The van der Waals surface area contributed by atoms with E-state index in [9.17, 15) is 0 Å². The largest absolute Gasteiger partial charge is 0.380 e. The molecule has 80 valence electrons. The number of aromatic nitrogens is 1. The van der Waals surface area contributed by atoms with Crippen LogP contribution in [0.1, 0.15) is 25.5 Å². The molecule has 3 nitrogen and oxygen atoms in total. The maximum atomic E-state index is 5.21. The summed E-state index contributed by atoms with van der Waals surface area (Å²) in [5.74, 6) is 0. The molecule has 2 atom stereocenters. The summed E-state index contributed by atoms with van der Waals surface area (Å²) in [6.45, 7) is 5.13. The predicted molar refractivity (Wildman–Crippen MR) is 58.4 cm³/mol. The summed E-state index contributed by atoms with van der Waals surface area (Å²) in [7, 11) is 3.71. The fraction of sp³-hybridized carbons (Fsp3) is 0.636. The van der Waals surface area contributed by atoms with E-state index in [1.54, 1.807) is 7.11 Å². The summed E-state index contributed by atoms with van der Waals surface area (Å²) >= 11 is 0. The van der Waals surface area contributed by atoms with Crippen molar-refractivity contribution in [1.29, 1.82) is 0 Å². The van der Waals surface area contributed by atoms with Crippen molar-refractivity contribution < 1.29 is 4.74 Å². The number of methoxy groups -OCH3 is 1. The van der Waals surface area contributed by atoms with Crippen molar-refractivity contribution in [3.05, 3.63) is 24.0 Å². The van der Waals surface area contributed by atoms with Crippen LogP contribution in [0.2, 0.25) is 0 Å². The van der Waals surface area contributed by atoms with Gasteiger partial charge in [0.05, 0.1) is 6.10 Å². The first-order chi connectivity index (χ1) is 6.67. The molecule has 0 aromatic carbocycles. The van der Waals surface area contributed by atoms with Gasteiger partial charge in [0.25, 0.3) is 0 Å². The first-order valence-electron chi connectivity index (χ1n) is 5.03. The van der Waals surface area contributed by atoms with Crippen LogP contribution in [0.15, 0.2) is 18.5 Å². The lowest BCUT2D eigenvalue weighted by Crippen LogP contribution is -2.14. The average molecular weight is 196 g/mol. The Morgan fingerprint density at radius 2 is 2.21 bits per heavy atom. The molecule has 1 heterocycles. The molecule has 3 heteroatoms. The van der Waals surface area contributed by atoms with E-state index < -0.39 is 0 Å². The number of rotatable bonds is 5. The van der Waals surface area contributed by atoms with E-state index in [0.717, 1.165) is 6.54 Å². The third-order valence-corrected chi connectivity index (χ3v) is 2.58. The molecular weight excluding hydrogens is 176 g/mol. The van der Waals surface area contributed by atoms with Gasteiger partial charge < -0.3 is 14.6 Å². The Balaban J connectivity index is 2.59. The molecule has 0 aliphatic rings. The van der Waals surface area contributed by atoms with Crippen molar-refractivity contribution in [3.63, 3.8) is 0 Å². The first-order valence-corrected chi connectivity index (χ1v) is 5.03. The normalized spacial score (nSPS) is 15.4. The molecule has 1 aromatic heterocycles. The van der Waals surface area contributed by atoms with E-state index in [0.29, 0.717) is 6.04 Å². The minimum absolute atomic E-state index is 0.264. The molecule has 0 aliphatic heterocycles. The molecule has 1 N–H and O–H groups in total. The second kappa shape index (κ2) is 5.17. The maximum absolute atomic E-state index is 5.21. The van der Waals surface area contributed by atoms with Crippen molar-refractivity contribution in [2.24, 2.45) is 0 Å². The zero-order valence-corrected chi connectivity index (χ0v) is 9.45. The third kappa shape index (κ3) is 2.86. The van der Waals surface area contributed by atoms with Gasteiger partial charge in [-0.2, -0.15) is 0 Å². The molecular formula is C11H20N2O. The highest BCUT2D eigenvalue weighted by Crippen LogP contribution is 2.12. The molecule has 0 saturated heterocycles. The fourth-order valence-electron chi connectivity index (χ4n) is 1.37. The molecule has 0 saturated carbocycles. The molecule has 0 amide bonds. The van der Waals surface area contributed by atoms with Gasteiger partial charge in [-0.1, -0.05) is 0 Å². The van der Waals surface area contributed by atoms with Gasteiger partial charge in [0.2, 0.25) is 0 Å². The molecule has 14 heavy (non-hydrogen) atoms. The molecule has 1 rings (SSSR count). The minimum Gasteiger partial charge on any atom is -0.380 e. The van der Waals surface area contributed by atoms with E-state index in [2.05, 4.69) is 42.2 Å². The number of nitrogens with one attached hydrogen (secondary N) is 1. The molecule has 0 spiro atoms. The van der Waals surface area contributed by atoms with Crippen LogP contribution in [0, 0.1) is 0 Å². The van der Waals surface area contributed by atoms with Gasteiger partial charge >= 0.3 is 0 Å². The molecule has 0 radical (unpaired) electrons. The van der Waals surface area contributed by atoms with Crippen LogP contribution < -0.4 is 5.32 Å². The number of hydrogen-bond acceptors (Lipinski definition) is 2. The van der Waals surface area contributed by atoms with Crippen LogP contribution in [0.5, 0.6) is 0 Å². The molecule has 0 aliphatic carbocycles. The zero-order valence-electron chi connectivity index (χ0n) is 9.45. The minimum atomic E-state index is 0.264. The summed E-state index contributed by atoms with van der Waals surface area (Å²) in [5, 5.41) is 3.22. The Bertz CT molecular complexity index is 270. The van der Waals surface area contributed by atoms with Gasteiger partial charge in [-0.25, -0.2) is 0 Å². The Hall–Kier alpha value is -0.800. The van der Waals surface area contributed by atoms with E-state index in [1.807, 2.05) is 7.05 Å². The van der Waals surface area contributed by atoms with E-state index >= 15 is 0 Å². The number of nitrogens with zero attached hydrogens (tertiary/aromatic N) is 1. The van der Waals surface area contributed by atoms with Crippen LogP contribution in [0.4, 0.5) is 0 Å². The monoisotopic (exact) mass is 196 g/mol. The lowest BCUT2D eigenvalue weighted by molar-refractivity contribution is 0.103. The Morgan fingerprint density at radius 3 is 2.79 bits per heavy atom. The summed E-state index contributed by atoms with van der Waals surface area (Å²) < 4.78 is 7.38. The van der Waals surface area contributed by atoms with Crippen molar-refractivity contribution >= 4 is 0 Å². The van der Waals surface area contributed by atoms with Crippen molar-refractivity contribution in [2.45, 2.75) is 32.5 Å². The number of ether oxygens (including phenoxy) is 1. The van der Waals surface area contributed by atoms with E-state index in [4.69, 9.17) is 4.74 Å². The summed E-state index contributed by atoms with van der Waals surface area (Å²) in [6.07, 6.45) is 4.52. The highest BCUT2D eigenvalue weighted by atomic mass is 16.5. The second-order valence-corrected chi connectivity index (χ2v) is 3.70. The predicted octanol–water partition coefficient (Wildman–Crippen LogP) is 1.80. The van der Waals surface area contributed by atoms with E-state index in [-0.39, 0.29) is 6.10 Å². The van der Waals surface area contributed by atoms with Crippen LogP contribution in [0.3, 0.4) is 0 Å². The van der Waals surface area contributed by atoms with Gasteiger partial charge in [0.15, 0.2) is 0 Å². The Labute approximate surface area is 86.1 Å². The topological polar surface area (TPSA) is 26.2 Å². The maximum Gasteiger partial charge on any atom is 0.0721 e. The standard InChI is InChI=1S/C11H20N2O/c1-9(14-4)7-13-6-5-11(8-13)10(2)12-3/h5-6,8-10,12H,7H2,1-4H3. The summed E-state index contributed by atoms with van der Waals surface area (Å²) in [5.41, 5.74) is 1.32. The van der Waals surface area contributed by atoms with E-state index in [1.165, 1.54) is 5.56 Å². The van der Waals surface area contributed by atoms with Gasteiger partial charge in [-0.3, -0.25) is 0 Å². The highest BCUT2D eigenvalue weighted by molar-refractivity contribution is 5.14. The van der Waals surface area contributed by atoms with Gasteiger partial charge in [0.1, 0.15) is 0 Å². The van der Waals surface area contributed by atoms with Crippen molar-refractivity contribution in [3.8, 4) is 0 Å². The SMILES string of the molecule is CNC(C)c1ccn(CC(C)OC)c1. The molecule has 2 unspecified atom stereocenters. The third-order valence-electron chi connectivity index (χ3n) is 2.58. The van der Waals surface area contributed by atoms with Crippen LogP contribution >= 0.6 is 0 Å². The van der Waals surface area contributed by atoms with Gasteiger partial charge in [0, 0.05) is 32.1 Å². The quantitative estimate of drug-likeness (QED) is 0.777. The zero-order chi connectivity index (χ0) is 10.6. The Kier molecular flexibility index (Phi) is 4.17. The highest BCUT2D eigenvalue weighted by Gasteiger charge is 2.05. The summed E-state index contributed by atoms with van der Waals surface area (Å²) in [4.78, 5) is 0. The molecule has 1 aromatic rings. The van der Waals surface area contributed by atoms with Crippen molar-refractivity contribution in [2.75, 3.05) is 14.2 Å². The van der Waals surface area contributed by atoms with Gasteiger partial charge in [-0.05, 0) is 32.5 Å². The smallest absolute Gasteiger partial charge is 0.0721 e. The van der Waals surface area contributed by atoms with Crippen LogP contribution in [-0.4, -0.2) is 24.8 Å². The summed E-state index contributed by atoms with van der Waals surface area (Å²) in [6, 6.07) is 2.55. The van der Waals surface area contributed by atoms with Crippen LogP contribution in [0.25, 0.3) is 0 Å². The first kappa shape index (κ1) is 11.3. The molecule has 0 fully saturated rings. The van der Waals surface area contributed by atoms with Gasteiger partial charge in [-0.15, -0.1) is 0 Å². The lowest BCUT2D eigenvalue weighted by Gasteiger charge is -2.10. The number of hydrogen-bond donors (Lipinski definition) is 1. The lowest BCUT2D eigenvalue weighted by atomic mass is 10.2. The molecule has 0 bridgehead atoms.